The van der Waals surface area contributed by atoms with Crippen molar-refractivity contribution in [1.82, 2.24) is 10.6 Å². The van der Waals surface area contributed by atoms with Crippen molar-refractivity contribution < 1.29 is 0 Å². The van der Waals surface area contributed by atoms with Gasteiger partial charge in [-0.05, 0) is 32.7 Å². The molecule has 0 aromatic carbocycles. The zero-order valence-electron chi connectivity index (χ0n) is 7.97. The highest BCUT2D eigenvalue weighted by Crippen LogP contribution is 2.10. The zero-order valence-corrected chi connectivity index (χ0v) is 7.97. The van der Waals surface area contributed by atoms with Crippen LogP contribution in [0, 0.1) is 0 Å². The summed E-state index contributed by atoms with van der Waals surface area (Å²) in [5.74, 6) is 0. The van der Waals surface area contributed by atoms with Crippen molar-refractivity contribution in [2.75, 3.05) is 13.1 Å². The molecule has 0 spiro atoms. The molecule has 0 aliphatic carbocycles. The number of hydrogen-bond donors (Lipinski definition) is 2. The van der Waals surface area contributed by atoms with E-state index in [0.717, 1.165) is 12.6 Å². The maximum atomic E-state index is 3.69. The highest BCUT2D eigenvalue weighted by atomic mass is 15.0. The van der Waals surface area contributed by atoms with Crippen LogP contribution in [0.2, 0.25) is 0 Å². The molecule has 2 unspecified atom stereocenters. The van der Waals surface area contributed by atoms with E-state index in [1.165, 1.54) is 25.8 Å². The quantitative estimate of drug-likeness (QED) is 0.605. The van der Waals surface area contributed by atoms with Crippen LogP contribution in [-0.2, 0) is 0 Å². The van der Waals surface area contributed by atoms with Gasteiger partial charge in [-0.25, -0.2) is 0 Å². The van der Waals surface area contributed by atoms with Crippen molar-refractivity contribution in [1.29, 1.82) is 0 Å². The van der Waals surface area contributed by atoms with Gasteiger partial charge in [0.1, 0.15) is 0 Å². The first-order chi connectivity index (χ1) is 5.83. The molecular weight excluding hydrogens is 148 g/mol. The van der Waals surface area contributed by atoms with Gasteiger partial charge in [0, 0.05) is 18.6 Å². The summed E-state index contributed by atoms with van der Waals surface area (Å²) >= 11 is 0. The van der Waals surface area contributed by atoms with Gasteiger partial charge in [-0.2, -0.15) is 0 Å². The molecule has 2 atom stereocenters. The van der Waals surface area contributed by atoms with Gasteiger partial charge in [-0.15, -0.1) is 6.58 Å². The average molecular weight is 168 g/mol. The molecule has 1 rings (SSSR count). The van der Waals surface area contributed by atoms with Gasteiger partial charge in [0.2, 0.25) is 0 Å². The maximum Gasteiger partial charge on any atom is 0.0134 e. The van der Waals surface area contributed by atoms with Crippen LogP contribution in [0.3, 0.4) is 0 Å². The smallest absolute Gasteiger partial charge is 0.0134 e. The largest absolute Gasteiger partial charge is 0.314 e. The minimum absolute atomic E-state index is 0.610. The standard InChI is InChI=1S/C10H20N2/c1-3-6-11-9(2)8-10-5-4-7-12-10/h3,9-12H,1,4-8H2,2H3. The zero-order chi connectivity index (χ0) is 8.81. The summed E-state index contributed by atoms with van der Waals surface area (Å²) in [5, 5.41) is 6.90. The van der Waals surface area contributed by atoms with Gasteiger partial charge >= 0.3 is 0 Å². The normalized spacial score (nSPS) is 25.6. The van der Waals surface area contributed by atoms with Crippen LogP contribution >= 0.6 is 0 Å². The number of rotatable bonds is 5. The third-order valence-corrected chi connectivity index (χ3v) is 2.41. The van der Waals surface area contributed by atoms with Crippen molar-refractivity contribution in [3.05, 3.63) is 12.7 Å². The summed E-state index contributed by atoms with van der Waals surface area (Å²) < 4.78 is 0. The van der Waals surface area contributed by atoms with Crippen molar-refractivity contribution >= 4 is 0 Å². The second kappa shape index (κ2) is 5.33. The first-order valence-electron chi connectivity index (χ1n) is 4.90. The monoisotopic (exact) mass is 168 g/mol. The summed E-state index contributed by atoms with van der Waals surface area (Å²) in [7, 11) is 0. The van der Waals surface area contributed by atoms with E-state index in [0.29, 0.717) is 6.04 Å². The van der Waals surface area contributed by atoms with E-state index in [1.54, 1.807) is 0 Å². The Morgan fingerprint density at radius 3 is 3.17 bits per heavy atom. The molecule has 12 heavy (non-hydrogen) atoms. The van der Waals surface area contributed by atoms with E-state index in [-0.39, 0.29) is 0 Å². The topological polar surface area (TPSA) is 24.1 Å². The van der Waals surface area contributed by atoms with E-state index < -0.39 is 0 Å². The van der Waals surface area contributed by atoms with Crippen LogP contribution in [0.5, 0.6) is 0 Å². The Bertz CT molecular complexity index is 128. The van der Waals surface area contributed by atoms with E-state index in [2.05, 4.69) is 24.1 Å². The van der Waals surface area contributed by atoms with Gasteiger partial charge in [0.05, 0.1) is 0 Å². The number of hydrogen-bond acceptors (Lipinski definition) is 2. The molecular formula is C10H20N2. The SMILES string of the molecule is C=CCNC(C)CC1CCCN1. The second-order valence-electron chi connectivity index (χ2n) is 3.63. The summed E-state index contributed by atoms with van der Waals surface area (Å²) in [6.07, 6.45) is 5.85. The van der Waals surface area contributed by atoms with E-state index in [9.17, 15) is 0 Å². The fourth-order valence-electron chi connectivity index (χ4n) is 1.75. The Morgan fingerprint density at radius 1 is 1.75 bits per heavy atom. The molecule has 0 saturated carbocycles. The Kier molecular flexibility index (Phi) is 4.33. The molecule has 1 aliphatic heterocycles. The molecule has 1 saturated heterocycles. The summed E-state index contributed by atoms with van der Waals surface area (Å²) in [6, 6.07) is 1.36. The molecule has 2 heteroatoms. The third-order valence-electron chi connectivity index (χ3n) is 2.41. The predicted molar refractivity (Wildman–Crippen MR) is 53.3 cm³/mol. The van der Waals surface area contributed by atoms with Crippen LogP contribution in [0.25, 0.3) is 0 Å². The Morgan fingerprint density at radius 2 is 2.58 bits per heavy atom. The maximum absolute atomic E-state index is 3.69. The molecule has 1 heterocycles. The highest BCUT2D eigenvalue weighted by Gasteiger charge is 2.15. The molecule has 70 valence electrons. The van der Waals surface area contributed by atoms with Crippen LogP contribution in [0.15, 0.2) is 12.7 Å². The first kappa shape index (κ1) is 9.75. The van der Waals surface area contributed by atoms with Gasteiger partial charge < -0.3 is 10.6 Å². The first-order valence-corrected chi connectivity index (χ1v) is 4.90. The second-order valence-corrected chi connectivity index (χ2v) is 3.63. The third kappa shape index (κ3) is 3.37. The molecule has 0 bridgehead atoms. The van der Waals surface area contributed by atoms with Crippen LogP contribution in [0.1, 0.15) is 26.2 Å². The minimum Gasteiger partial charge on any atom is -0.314 e. The minimum atomic E-state index is 0.610. The van der Waals surface area contributed by atoms with Crippen LogP contribution in [-0.4, -0.2) is 25.2 Å². The molecule has 2 N–H and O–H groups in total. The van der Waals surface area contributed by atoms with Gasteiger partial charge in [0.25, 0.3) is 0 Å². The predicted octanol–water partition coefficient (Wildman–Crippen LogP) is 1.29. The van der Waals surface area contributed by atoms with Gasteiger partial charge in [0.15, 0.2) is 0 Å². The van der Waals surface area contributed by atoms with E-state index in [4.69, 9.17) is 0 Å². The number of nitrogens with one attached hydrogen (secondary N) is 2. The Hall–Kier alpha value is -0.340. The fraction of sp³-hybridized carbons (Fsp3) is 0.800. The highest BCUT2D eigenvalue weighted by molar-refractivity contribution is 4.80. The van der Waals surface area contributed by atoms with E-state index in [1.807, 2.05) is 6.08 Å². The van der Waals surface area contributed by atoms with Crippen molar-refractivity contribution in [3.63, 3.8) is 0 Å². The lowest BCUT2D eigenvalue weighted by Crippen LogP contribution is -2.33. The lowest BCUT2D eigenvalue weighted by Gasteiger charge is -2.17. The molecule has 0 aromatic rings. The Balaban J connectivity index is 2.07. The van der Waals surface area contributed by atoms with Gasteiger partial charge in [-0.1, -0.05) is 6.08 Å². The van der Waals surface area contributed by atoms with Crippen molar-refractivity contribution in [2.45, 2.75) is 38.3 Å². The van der Waals surface area contributed by atoms with Crippen molar-refractivity contribution in [3.8, 4) is 0 Å². The van der Waals surface area contributed by atoms with Crippen molar-refractivity contribution in [2.24, 2.45) is 0 Å². The summed E-state index contributed by atoms with van der Waals surface area (Å²) in [4.78, 5) is 0. The van der Waals surface area contributed by atoms with Crippen LogP contribution in [0.4, 0.5) is 0 Å². The molecule has 0 radical (unpaired) electrons. The average Bonchev–Trinajstić information content (AvgIpc) is 2.53. The fourth-order valence-corrected chi connectivity index (χ4v) is 1.75. The van der Waals surface area contributed by atoms with Gasteiger partial charge in [-0.3, -0.25) is 0 Å². The molecule has 0 aromatic heterocycles. The van der Waals surface area contributed by atoms with Crippen LogP contribution < -0.4 is 10.6 Å². The molecule has 1 aliphatic rings. The summed E-state index contributed by atoms with van der Waals surface area (Å²) in [5.41, 5.74) is 0. The molecule has 0 amide bonds. The lowest BCUT2D eigenvalue weighted by atomic mass is 10.1. The summed E-state index contributed by atoms with van der Waals surface area (Å²) in [6.45, 7) is 8.06. The molecule has 1 fully saturated rings. The Labute approximate surface area is 75.4 Å². The van der Waals surface area contributed by atoms with E-state index >= 15 is 0 Å². The molecule has 2 nitrogen and oxygen atoms in total. The lowest BCUT2D eigenvalue weighted by molar-refractivity contribution is 0.454.